The monoisotopic (exact) mass is 553 g/mol. The number of aromatic nitrogens is 1. The third-order valence-electron chi connectivity index (χ3n) is 6.63. The summed E-state index contributed by atoms with van der Waals surface area (Å²) >= 11 is 1.55. The Morgan fingerprint density at radius 3 is 2.40 bits per heavy atom. The Balaban J connectivity index is 1.42. The molecule has 5 aromatic rings. The van der Waals surface area contributed by atoms with Gasteiger partial charge in [-0.2, -0.15) is 0 Å². The summed E-state index contributed by atoms with van der Waals surface area (Å²) in [6.07, 6.45) is -0.114. The molecule has 3 aromatic carbocycles. The van der Waals surface area contributed by atoms with Crippen molar-refractivity contribution in [3.05, 3.63) is 101 Å². The zero-order valence-electron chi connectivity index (χ0n) is 22.7. The molecule has 2 heterocycles. The average Bonchev–Trinajstić information content (AvgIpc) is 3.59. The van der Waals surface area contributed by atoms with Gasteiger partial charge in [-0.3, -0.25) is 9.59 Å². The normalized spacial score (nSPS) is 11.5. The maximum Gasteiger partial charge on any atom is 0.305 e. The van der Waals surface area contributed by atoms with Crippen molar-refractivity contribution >= 4 is 45.0 Å². The summed E-state index contributed by atoms with van der Waals surface area (Å²) in [6.45, 7) is 7.22. The van der Waals surface area contributed by atoms with Gasteiger partial charge in [0.15, 0.2) is 10.9 Å². The molecule has 2 aromatic heterocycles. The largest absolute Gasteiger partial charge is 0.481 e. The standard InChI is InChI=1S/C32H31N3O4S/c1-32(2,3)24-12-14-25(15-13-24)35(19-21-8-10-22(11-9-21)30(38)33-17-16-29(36)37)31-34-26(20-40-31)28-18-23-6-4-5-7-27(23)39-28/h4-15,18,20H,16-17,19H2,1-3H3,(H,33,38)(H,36,37). The summed E-state index contributed by atoms with van der Waals surface area (Å²) < 4.78 is 6.06. The topological polar surface area (TPSA) is 95.7 Å². The van der Waals surface area contributed by atoms with Crippen molar-refractivity contribution in [3.63, 3.8) is 0 Å². The third-order valence-corrected chi connectivity index (χ3v) is 7.49. The molecule has 0 aliphatic rings. The Kier molecular flexibility index (Phi) is 7.71. The highest BCUT2D eigenvalue weighted by molar-refractivity contribution is 7.14. The van der Waals surface area contributed by atoms with Crippen LogP contribution in [0.4, 0.5) is 10.8 Å². The van der Waals surface area contributed by atoms with E-state index in [0.717, 1.165) is 38.8 Å². The van der Waals surface area contributed by atoms with E-state index in [9.17, 15) is 9.59 Å². The molecule has 0 radical (unpaired) electrons. The van der Waals surface area contributed by atoms with Gasteiger partial charge < -0.3 is 19.7 Å². The van der Waals surface area contributed by atoms with Crippen LogP contribution in [0.1, 0.15) is 48.7 Å². The number of benzene rings is 3. The number of para-hydroxylation sites is 1. The van der Waals surface area contributed by atoms with E-state index in [0.29, 0.717) is 12.1 Å². The first-order chi connectivity index (χ1) is 19.2. The summed E-state index contributed by atoms with van der Waals surface area (Å²) in [6, 6.07) is 25.8. The molecular formula is C32H31N3O4S. The fourth-order valence-corrected chi connectivity index (χ4v) is 5.18. The molecule has 0 fully saturated rings. The second-order valence-electron chi connectivity index (χ2n) is 10.6. The predicted octanol–water partition coefficient (Wildman–Crippen LogP) is 7.40. The van der Waals surface area contributed by atoms with Crippen LogP contribution in [0.15, 0.2) is 88.7 Å². The number of carbonyl (C=O) groups is 2. The maximum atomic E-state index is 12.4. The molecule has 0 saturated heterocycles. The smallest absolute Gasteiger partial charge is 0.305 e. The number of rotatable bonds is 9. The number of nitrogens with one attached hydrogen (secondary N) is 1. The van der Waals surface area contributed by atoms with Crippen LogP contribution in [0.25, 0.3) is 22.4 Å². The summed E-state index contributed by atoms with van der Waals surface area (Å²) in [4.78, 5) is 30.2. The SMILES string of the molecule is CC(C)(C)c1ccc(N(Cc2ccc(C(=O)NCCC(=O)O)cc2)c2nc(-c3cc4ccccc4o3)cs2)cc1. The Bertz CT molecular complexity index is 1600. The number of hydrogen-bond donors (Lipinski definition) is 2. The molecule has 5 rings (SSSR count). The summed E-state index contributed by atoms with van der Waals surface area (Å²) in [5.41, 5.74) is 5.39. The second-order valence-corrected chi connectivity index (χ2v) is 11.5. The number of nitrogens with zero attached hydrogens (tertiary/aromatic N) is 2. The number of hydrogen-bond acceptors (Lipinski definition) is 6. The Morgan fingerprint density at radius 1 is 1.00 bits per heavy atom. The van der Waals surface area contributed by atoms with Crippen molar-refractivity contribution in [2.24, 2.45) is 0 Å². The van der Waals surface area contributed by atoms with E-state index in [2.05, 4.69) is 55.3 Å². The van der Waals surface area contributed by atoms with E-state index in [1.807, 2.05) is 47.8 Å². The van der Waals surface area contributed by atoms with Gasteiger partial charge in [0.1, 0.15) is 11.3 Å². The highest BCUT2D eigenvalue weighted by Crippen LogP contribution is 2.36. The van der Waals surface area contributed by atoms with Gasteiger partial charge in [0.2, 0.25) is 0 Å². The number of anilines is 2. The zero-order valence-corrected chi connectivity index (χ0v) is 23.5. The number of carboxylic acid groups (broad SMARTS) is 1. The highest BCUT2D eigenvalue weighted by Gasteiger charge is 2.19. The van der Waals surface area contributed by atoms with Gasteiger partial charge in [-0.15, -0.1) is 11.3 Å². The number of carboxylic acids is 1. The number of fused-ring (bicyclic) bond motifs is 1. The van der Waals surface area contributed by atoms with E-state index < -0.39 is 5.97 Å². The first kappa shape index (κ1) is 27.1. The predicted molar refractivity (Wildman–Crippen MR) is 159 cm³/mol. The van der Waals surface area contributed by atoms with Crippen molar-refractivity contribution in [1.29, 1.82) is 0 Å². The van der Waals surface area contributed by atoms with E-state index in [1.165, 1.54) is 5.56 Å². The third kappa shape index (κ3) is 6.24. The van der Waals surface area contributed by atoms with Gasteiger partial charge in [-0.1, -0.05) is 63.2 Å². The van der Waals surface area contributed by atoms with Crippen LogP contribution < -0.4 is 10.2 Å². The van der Waals surface area contributed by atoms with Crippen LogP contribution in [-0.2, 0) is 16.8 Å². The minimum absolute atomic E-state index is 0.0415. The van der Waals surface area contributed by atoms with E-state index in [-0.39, 0.29) is 24.3 Å². The van der Waals surface area contributed by atoms with Crippen molar-refractivity contribution in [2.75, 3.05) is 11.4 Å². The Labute approximate surface area is 237 Å². The molecule has 0 aliphatic carbocycles. The van der Waals surface area contributed by atoms with Crippen LogP contribution in [0.3, 0.4) is 0 Å². The number of furan rings is 1. The molecular weight excluding hydrogens is 522 g/mol. The van der Waals surface area contributed by atoms with Crippen molar-refractivity contribution < 1.29 is 19.1 Å². The lowest BCUT2D eigenvalue weighted by Gasteiger charge is -2.24. The molecule has 204 valence electrons. The van der Waals surface area contributed by atoms with Gasteiger partial charge in [0, 0.05) is 28.6 Å². The molecule has 7 nitrogen and oxygen atoms in total. The minimum atomic E-state index is -0.947. The Hall–Kier alpha value is -4.43. The molecule has 0 unspecified atom stereocenters. The molecule has 0 spiro atoms. The van der Waals surface area contributed by atoms with E-state index >= 15 is 0 Å². The lowest BCUT2D eigenvalue weighted by molar-refractivity contribution is -0.136. The fraction of sp³-hybridized carbons (Fsp3) is 0.219. The van der Waals surface area contributed by atoms with Crippen LogP contribution in [0.2, 0.25) is 0 Å². The first-order valence-electron chi connectivity index (χ1n) is 13.1. The summed E-state index contributed by atoms with van der Waals surface area (Å²) in [7, 11) is 0. The molecule has 0 aliphatic heterocycles. The van der Waals surface area contributed by atoms with Gasteiger partial charge in [-0.25, -0.2) is 4.98 Å². The maximum absolute atomic E-state index is 12.4. The van der Waals surface area contributed by atoms with Crippen LogP contribution >= 0.6 is 11.3 Å². The van der Waals surface area contributed by atoms with Crippen LogP contribution in [0, 0.1) is 0 Å². The van der Waals surface area contributed by atoms with Crippen molar-refractivity contribution in [3.8, 4) is 11.5 Å². The average molecular weight is 554 g/mol. The highest BCUT2D eigenvalue weighted by atomic mass is 32.1. The lowest BCUT2D eigenvalue weighted by Crippen LogP contribution is -2.26. The Morgan fingerprint density at radius 2 is 1.73 bits per heavy atom. The minimum Gasteiger partial charge on any atom is -0.481 e. The molecule has 0 saturated carbocycles. The molecule has 1 amide bonds. The summed E-state index contributed by atoms with van der Waals surface area (Å²) in [5, 5.41) is 15.3. The second kappa shape index (κ2) is 11.4. The number of amides is 1. The van der Waals surface area contributed by atoms with Crippen LogP contribution in [-0.4, -0.2) is 28.5 Å². The first-order valence-corrected chi connectivity index (χ1v) is 14.0. The zero-order chi connectivity index (χ0) is 28.3. The quantitative estimate of drug-likeness (QED) is 0.198. The molecule has 2 N–H and O–H groups in total. The van der Waals surface area contributed by atoms with Crippen molar-refractivity contribution in [1.82, 2.24) is 10.3 Å². The fourth-order valence-electron chi connectivity index (χ4n) is 4.35. The summed E-state index contributed by atoms with van der Waals surface area (Å²) in [5.74, 6) is -0.514. The van der Waals surface area contributed by atoms with E-state index in [4.69, 9.17) is 14.5 Å². The number of aliphatic carboxylic acids is 1. The van der Waals surface area contributed by atoms with Crippen molar-refractivity contribution in [2.45, 2.75) is 39.2 Å². The molecule has 40 heavy (non-hydrogen) atoms. The number of carbonyl (C=O) groups excluding carboxylic acids is 1. The molecule has 8 heteroatoms. The van der Waals surface area contributed by atoms with Gasteiger partial charge >= 0.3 is 5.97 Å². The van der Waals surface area contributed by atoms with E-state index in [1.54, 1.807) is 23.5 Å². The molecule has 0 atom stereocenters. The number of thiazole rings is 1. The van der Waals surface area contributed by atoms with Gasteiger partial charge in [0.05, 0.1) is 13.0 Å². The van der Waals surface area contributed by atoms with Gasteiger partial charge in [-0.05, 0) is 52.9 Å². The lowest BCUT2D eigenvalue weighted by atomic mass is 9.87. The van der Waals surface area contributed by atoms with Crippen LogP contribution in [0.5, 0.6) is 0 Å². The molecule has 0 bridgehead atoms. The van der Waals surface area contributed by atoms with Gasteiger partial charge in [0.25, 0.3) is 5.91 Å².